The van der Waals surface area contributed by atoms with Crippen LogP contribution in [0, 0.1) is 5.92 Å². The summed E-state index contributed by atoms with van der Waals surface area (Å²) in [5.41, 5.74) is 0.354. The quantitative estimate of drug-likeness (QED) is 0.708. The number of hydrogen-bond acceptors (Lipinski definition) is 4. The van der Waals surface area contributed by atoms with Gasteiger partial charge in [0.05, 0.1) is 0 Å². The van der Waals surface area contributed by atoms with Gasteiger partial charge in [-0.2, -0.15) is 0 Å². The Bertz CT molecular complexity index is 621. The average Bonchev–Trinajstić information content (AvgIpc) is 3.16. The fourth-order valence-electron chi connectivity index (χ4n) is 6.80. The number of piperazine rings is 2. The van der Waals surface area contributed by atoms with Crippen molar-refractivity contribution in [1.82, 2.24) is 19.6 Å². The molecule has 1 amide bonds. The van der Waals surface area contributed by atoms with Crippen LogP contribution in [0.25, 0.3) is 0 Å². The molecule has 4 saturated heterocycles. The molecule has 0 N–H and O–H groups in total. The zero-order chi connectivity index (χ0) is 21.1. The predicted octanol–water partition coefficient (Wildman–Crippen LogP) is 3.04. The molecule has 0 aromatic heterocycles. The van der Waals surface area contributed by atoms with Crippen molar-refractivity contribution in [3.63, 3.8) is 0 Å². The molecule has 0 bridgehead atoms. The van der Waals surface area contributed by atoms with Crippen molar-refractivity contribution in [1.29, 1.82) is 0 Å². The van der Waals surface area contributed by atoms with Gasteiger partial charge in [0.1, 0.15) is 0 Å². The van der Waals surface area contributed by atoms with E-state index in [2.05, 4.69) is 68.1 Å². The SMILES string of the molecule is C[C@@H]1CN2C(=O)CC(CC3CN4CCCC4CN3C(C)(C)C)C2CN1C(C)(C)C. The summed E-state index contributed by atoms with van der Waals surface area (Å²) in [6, 6.07) is 2.17. The third-order valence-corrected chi connectivity index (χ3v) is 8.17. The largest absolute Gasteiger partial charge is 0.337 e. The molecule has 5 atom stereocenters. The Kier molecular flexibility index (Phi) is 5.57. The summed E-state index contributed by atoms with van der Waals surface area (Å²) in [5, 5.41) is 0. The molecule has 29 heavy (non-hydrogen) atoms. The molecule has 0 aromatic carbocycles. The van der Waals surface area contributed by atoms with Crippen molar-refractivity contribution in [2.75, 3.05) is 32.7 Å². The molecule has 0 aliphatic carbocycles. The van der Waals surface area contributed by atoms with Gasteiger partial charge in [0, 0.05) is 67.8 Å². The Morgan fingerprint density at radius 2 is 1.62 bits per heavy atom. The zero-order valence-corrected chi connectivity index (χ0v) is 19.9. The Hall–Kier alpha value is -0.650. The van der Waals surface area contributed by atoms with Crippen molar-refractivity contribution in [3.8, 4) is 0 Å². The second-order valence-electron chi connectivity index (χ2n) is 12.3. The summed E-state index contributed by atoms with van der Waals surface area (Å²) in [5.74, 6) is 0.895. The van der Waals surface area contributed by atoms with E-state index in [1.165, 1.54) is 38.9 Å². The second kappa shape index (κ2) is 7.49. The van der Waals surface area contributed by atoms with E-state index in [1.807, 2.05) is 0 Å². The molecule has 5 heteroatoms. The monoisotopic (exact) mass is 404 g/mol. The van der Waals surface area contributed by atoms with Gasteiger partial charge in [0.2, 0.25) is 5.91 Å². The molecule has 4 heterocycles. The number of fused-ring (bicyclic) bond motifs is 2. The van der Waals surface area contributed by atoms with E-state index < -0.39 is 0 Å². The second-order valence-corrected chi connectivity index (χ2v) is 12.3. The molecule has 5 nitrogen and oxygen atoms in total. The summed E-state index contributed by atoms with van der Waals surface area (Å²) in [7, 11) is 0. The van der Waals surface area contributed by atoms with Gasteiger partial charge < -0.3 is 4.90 Å². The number of hydrogen-bond donors (Lipinski definition) is 0. The standard InChI is InChI=1S/C24H44N4O/c1-17-13-26-21(16-27(17)23(2,3)4)18(12-22(26)29)11-20-14-25-10-8-9-19(25)15-28(20)24(5,6)7/h17-21H,8-16H2,1-7H3/t17-,18?,19?,20?,21?/m1/s1. The highest BCUT2D eigenvalue weighted by Gasteiger charge is 2.49. The highest BCUT2D eigenvalue weighted by atomic mass is 16.2. The Morgan fingerprint density at radius 3 is 2.28 bits per heavy atom. The highest BCUT2D eigenvalue weighted by Crippen LogP contribution is 2.39. The summed E-state index contributed by atoms with van der Waals surface area (Å²) >= 11 is 0. The normalized spacial score (nSPS) is 37.8. The molecule has 4 fully saturated rings. The third-order valence-electron chi connectivity index (χ3n) is 8.17. The fourth-order valence-corrected chi connectivity index (χ4v) is 6.80. The fraction of sp³-hybridized carbons (Fsp3) is 0.958. The van der Waals surface area contributed by atoms with Crippen LogP contribution in [-0.4, -0.2) is 93.5 Å². The lowest BCUT2D eigenvalue weighted by Gasteiger charge is -2.52. The van der Waals surface area contributed by atoms with Crippen LogP contribution in [0.4, 0.5) is 0 Å². The first kappa shape index (κ1) is 21.6. The smallest absolute Gasteiger partial charge is 0.223 e. The maximum Gasteiger partial charge on any atom is 0.223 e. The van der Waals surface area contributed by atoms with E-state index in [4.69, 9.17) is 0 Å². The van der Waals surface area contributed by atoms with Crippen LogP contribution < -0.4 is 0 Å². The molecular formula is C24H44N4O. The van der Waals surface area contributed by atoms with Gasteiger partial charge in [-0.05, 0) is 80.2 Å². The maximum atomic E-state index is 12.9. The van der Waals surface area contributed by atoms with Crippen LogP contribution in [-0.2, 0) is 4.79 Å². The molecule has 0 saturated carbocycles. The maximum absolute atomic E-state index is 12.9. The van der Waals surface area contributed by atoms with Crippen molar-refractivity contribution < 1.29 is 4.79 Å². The van der Waals surface area contributed by atoms with E-state index >= 15 is 0 Å². The molecular weight excluding hydrogens is 360 g/mol. The van der Waals surface area contributed by atoms with Crippen molar-refractivity contribution >= 4 is 5.91 Å². The summed E-state index contributed by atoms with van der Waals surface area (Å²) in [6.45, 7) is 22.0. The minimum atomic E-state index is 0.159. The van der Waals surface area contributed by atoms with Gasteiger partial charge in [0.25, 0.3) is 0 Å². The lowest BCUT2D eigenvalue weighted by atomic mass is 9.86. The van der Waals surface area contributed by atoms with Gasteiger partial charge in [0.15, 0.2) is 0 Å². The van der Waals surface area contributed by atoms with Crippen LogP contribution in [0.15, 0.2) is 0 Å². The minimum Gasteiger partial charge on any atom is -0.337 e. The van der Waals surface area contributed by atoms with Crippen molar-refractivity contribution in [2.24, 2.45) is 5.92 Å². The first-order valence-electron chi connectivity index (χ1n) is 12.0. The third kappa shape index (κ3) is 4.12. The van der Waals surface area contributed by atoms with E-state index in [9.17, 15) is 4.79 Å². The Labute approximate surface area is 178 Å². The van der Waals surface area contributed by atoms with E-state index in [-0.39, 0.29) is 11.1 Å². The molecule has 0 spiro atoms. The van der Waals surface area contributed by atoms with Gasteiger partial charge in [-0.25, -0.2) is 0 Å². The van der Waals surface area contributed by atoms with Crippen LogP contribution in [0.3, 0.4) is 0 Å². The van der Waals surface area contributed by atoms with E-state index in [1.54, 1.807) is 0 Å². The molecule has 4 aliphatic rings. The van der Waals surface area contributed by atoms with E-state index in [0.29, 0.717) is 30.0 Å². The molecule has 0 radical (unpaired) electrons. The lowest BCUT2D eigenvalue weighted by Crippen LogP contribution is -2.64. The van der Waals surface area contributed by atoms with Crippen molar-refractivity contribution in [2.45, 2.75) is 109 Å². The number of amides is 1. The molecule has 166 valence electrons. The lowest BCUT2D eigenvalue weighted by molar-refractivity contribution is -0.133. The van der Waals surface area contributed by atoms with Crippen LogP contribution in [0.2, 0.25) is 0 Å². The number of carbonyl (C=O) groups is 1. The molecule has 4 rings (SSSR count). The minimum absolute atomic E-state index is 0.159. The first-order chi connectivity index (χ1) is 13.4. The Balaban J connectivity index is 1.52. The molecule has 4 unspecified atom stereocenters. The van der Waals surface area contributed by atoms with E-state index in [0.717, 1.165) is 25.6 Å². The molecule has 0 aromatic rings. The summed E-state index contributed by atoms with van der Waals surface area (Å²) in [4.78, 5) is 23.3. The number of carbonyl (C=O) groups excluding carboxylic acids is 1. The van der Waals surface area contributed by atoms with Gasteiger partial charge in [-0.3, -0.25) is 19.5 Å². The number of nitrogens with zero attached hydrogens (tertiary/aromatic N) is 4. The topological polar surface area (TPSA) is 30.0 Å². The first-order valence-corrected chi connectivity index (χ1v) is 12.0. The summed E-state index contributed by atoms with van der Waals surface area (Å²) in [6.07, 6.45) is 4.63. The zero-order valence-electron chi connectivity index (χ0n) is 19.9. The molecule has 4 aliphatic heterocycles. The highest BCUT2D eigenvalue weighted by molar-refractivity contribution is 5.79. The van der Waals surface area contributed by atoms with Gasteiger partial charge in [-0.1, -0.05) is 0 Å². The summed E-state index contributed by atoms with van der Waals surface area (Å²) < 4.78 is 0. The predicted molar refractivity (Wildman–Crippen MR) is 119 cm³/mol. The van der Waals surface area contributed by atoms with Crippen LogP contribution in [0.5, 0.6) is 0 Å². The Morgan fingerprint density at radius 1 is 0.931 bits per heavy atom. The van der Waals surface area contributed by atoms with Gasteiger partial charge >= 0.3 is 0 Å². The van der Waals surface area contributed by atoms with Gasteiger partial charge in [-0.15, -0.1) is 0 Å². The average molecular weight is 405 g/mol. The van der Waals surface area contributed by atoms with Crippen molar-refractivity contribution in [3.05, 3.63) is 0 Å². The van der Waals surface area contributed by atoms with Crippen LogP contribution in [0.1, 0.15) is 74.1 Å². The van der Waals surface area contributed by atoms with Crippen LogP contribution >= 0.6 is 0 Å². The number of rotatable bonds is 2.